The van der Waals surface area contributed by atoms with E-state index in [1.165, 1.54) is 4.90 Å². The standard InChI is InChI=1S/C16H22N2O/c1-12(2)18(13(3)4)11-16(19)15(10-17)14-8-6-5-7-9-14/h5-9,12-13,15H,11H2,1-4H3/p+1/t15-/m1/s1. The van der Waals surface area contributed by atoms with E-state index in [0.29, 0.717) is 18.6 Å². The highest BCUT2D eigenvalue weighted by atomic mass is 16.1. The van der Waals surface area contributed by atoms with Gasteiger partial charge < -0.3 is 4.90 Å². The molecule has 0 bridgehead atoms. The summed E-state index contributed by atoms with van der Waals surface area (Å²) in [6.45, 7) is 8.82. The van der Waals surface area contributed by atoms with Crippen LogP contribution in [0.5, 0.6) is 0 Å². The van der Waals surface area contributed by atoms with Gasteiger partial charge in [-0.2, -0.15) is 5.26 Å². The van der Waals surface area contributed by atoms with Gasteiger partial charge in [-0.3, -0.25) is 4.79 Å². The molecule has 1 aromatic carbocycles. The van der Waals surface area contributed by atoms with E-state index in [-0.39, 0.29) is 5.78 Å². The normalized spacial score (nSPS) is 12.7. The van der Waals surface area contributed by atoms with Gasteiger partial charge in [-0.05, 0) is 33.3 Å². The van der Waals surface area contributed by atoms with Gasteiger partial charge in [-0.15, -0.1) is 0 Å². The van der Waals surface area contributed by atoms with E-state index in [4.69, 9.17) is 0 Å². The first kappa shape index (κ1) is 15.4. The SMILES string of the molecule is CC(C)[NH+](CC(=O)[C@H](C#N)c1ccccc1)C(C)C. The fourth-order valence-electron chi connectivity index (χ4n) is 2.36. The number of carbonyl (C=O) groups is 1. The molecule has 0 aliphatic carbocycles. The van der Waals surface area contributed by atoms with E-state index >= 15 is 0 Å². The lowest BCUT2D eigenvalue weighted by Gasteiger charge is -2.27. The molecule has 1 atom stereocenters. The molecule has 0 unspecified atom stereocenters. The van der Waals surface area contributed by atoms with Crippen molar-refractivity contribution in [2.24, 2.45) is 0 Å². The van der Waals surface area contributed by atoms with Crippen LogP contribution in [0.2, 0.25) is 0 Å². The van der Waals surface area contributed by atoms with Crippen LogP contribution < -0.4 is 4.90 Å². The molecule has 3 nitrogen and oxygen atoms in total. The number of hydrogen-bond donors (Lipinski definition) is 1. The summed E-state index contributed by atoms with van der Waals surface area (Å²) in [5, 5.41) is 9.26. The molecule has 1 rings (SSSR count). The maximum absolute atomic E-state index is 12.4. The number of hydrogen-bond acceptors (Lipinski definition) is 2. The summed E-state index contributed by atoms with van der Waals surface area (Å²) in [7, 11) is 0. The third kappa shape index (κ3) is 4.18. The minimum absolute atomic E-state index is 0.00565. The van der Waals surface area contributed by atoms with E-state index < -0.39 is 5.92 Å². The Kier molecular flexibility index (Phi) is 5.72. The van der Waals surface area contributed by atoms with Gasteiger partial charge in [-0.1, -0.05) is 30.3 Å². The summed E-state index contributed by atoms with van der Waals surface area (Å²) in [5.41, 5.74) is 0.793. The predicted molar refractivity (Wildman–Crippen MR) is 75.9 cm³/mol. The highest BCUT2D eigenvalue weighted by Crippen LogP contribution is 2.14. The Morgan fingerprint density at radius 1 is 1.16 bits per heavy atom. The van der Waals surface area contributed by atoms with Crippen LogP contribution >= 0.6 is 0 Å². The molecule has 0 radical (unpaired) electrons. The van der Waals surface area contributed by atoms with E-state index in [2.05, 4.69) is 33.8 Å². The van der Waals surface area contributed by atoms with Gasteiger partial charge in [0.2, 0.25) is 5.78 Å². The topological polar surface area (TPSA) is 45.3 Å². The van der Waals surface area contributed by atoms with Gasteiger partial charge in [0.25, 0.3) is 0 Å². The Bertz CT molecular complexity index is 438. The zero-order valence-electron chi connectivity index (χ0n) is 12.2. The molecule has 0 spiro atoms. The molecule has 0 aliphatic heterocycles. The molecular weight excluding hydrogens is 236 g/mol. The predicted octanol–water partition coefficient (Wildman–Crippen LogP) is 1.56. The molecule has 1 N–H and O–H groups in total. The summed E-state index contributed by atoms with van der Waals surface area (Å²) in [6.07, 6.45) is 0. The number of nitrogens with one attached hydrogen (secondary N) is 1. The van der Waals surface area contributed by atoms with Gasteiger partial charge in [0.15, 0.2) is 0 Å². The molecule has 0 amide bonds. The van der Waals surface area contributed by atoms with Crippen LogP contribution in [0.25, 0.3) is 0 Å². The van der Waals surface area contributed by atoms with Crippen LogP contribution in [0.1, 0.15) is 39.2 Å². The van der Waals surface area contributed by atoms with Crippen molar-refractivity contribution in [2.75, 3.05) is 6.54 Å². The lowest BCUT2D eigenvalue weighted by molar-refractivity contribution is -0.934. The quantitative estimate of drug-likeness (QED) is 0.842. The molecule has 0 saturated heterocycles. The van der Waals surface area contributed by atoms with Gasteiger partial charge >= 0.3 is 0 Å². The van der Waals surface area contributed by atoms with Crippen molar-refractivity contribution in [2.45, 2.75) is 45.7 Å². The van der Waals surface area contributed by atoms with Crippen LogP contribution in [-0.2, 0) is 4.79 Å². The van der Waals surface area contributed by atoms with E-state index in [1.807, 2.05) is 30.3 Å². The second kappa shape index (κ2) is 7.06. The summed E-state index contributed by atoms with van der Waals surface area (Å²) >= 11 is 0. The first-order valence-corrected chi connectivity index (χ1v) is 6.80. The third-order valence-corrected chi connectivity index (χ3v) is 3.45. The minimum Gasteiger partial charge on any atom is -0.325 e. The van der Waals surface area contributed by atoms with Gasteiger partial charge in [0.1, 0.15) is 12.5 Å². The average molecular weight is 259 g/mol. The van der Waals surface area contributed by atoms with E-state index in [9.17, 15) is 10.1 Å². The maximum Gasteiger partial charge on any atom is 0.208 e. The van der Waals surface area contributed by atoms with Crippen LogP contribution in [-0.4, -0.2) is 24.4 Å². The third-order valence-electron chi connectivity index (χ3n) is 3.45. The van der Waals surface area contributed by atoms with Crippen molar-refractivity contribution in [1.29, 1.82) is 5.26 Å². The molecule has 102 valence electrons. The summed E-state index contributed by atoms with van der Waals surface area (Å²) in [5.74, 6) is -0.639. The Morgan fingerprint density at radius 2 is 1.68 bits per heavy atom. The molecule has 1 aromatic rings. The molecule has 0 aromatic heterocycles. The number of carbonyl (C=O) groups excluding carboxylic acids is 1. The van der Waals surface area contributed by atoms with Crippen molar-refractivity contribution in [3.05, 3.63) is 35.9 Å². The summed E-state index contributed by atoms with van der Waals surface area (Å²) < 4.78 is 0. The first-order valence-electron chi connectivity index (χ1n) is 6.80. The molecule has 0 heterocycles. The largest absolute Gasteiger partial charge is 0.325 e. The number of ketones is 1. The zero-order valence-corrected chi connectivity index (χ0v) is 12.2. The first-order chi connectivity index (χ1) is 8.97. The molecule has 0 fully saturated rings. The van der Waals surface area contributed by atoms with Crippen molar-refractivity contribution in [3.8, 4) is 6.07 Å². The van der Waals surface area contributed by atoms with Gasteiger partial charge in [0.05, 0.1) is 18.2 Å². The Labute approximate surface area is 115 Å². The zero-order chi connectivity index (χ0) is 14.4. The fraction of sp³-hybridized carbons (Fsp3) is 0.500. The monoisotopic (exact) mass is 259 g/mol. The van der Waals surface area contributed by atoms with E-state index in [0.717, 1.165) is 5.56 Å². The Hall–Kier alpha value is -1.66. The number of rotatable bonds is 6. The van der Waals surface area contributed by atoms with Crippen LogP contribution in [0.4, 0.5) is 0 Å². The van der Waals surface area contributed by atoms with Crippen LogP contribution in [0.15, 0.2) is 30.3 Å². The average Bonchev–Trinajstić information content (AvgIpc) is 2.37. The second-order valence-corrected chi connectivity index (χ2v) is 5.50. The van der Waals surface area contributed by atoms with Crippen LogP contribution in [0, 0.1) is 11.3 Å². The molecular formula is C16H23N2O+. The second-order valence-electron chi connectivity index (χ2n) is 5.50. The number of nitriles is 1. The lowest BCUT2D eigenvalue weighted by Crippen LogP contribution is -3.18. The molecule has 19 heavy (non-hydrogen) atoms. The maximum atomic E-state index is 12.4. The Balaban J connectivity index is 2.84. The lowest BCUT2D eigenvalue weighted by atomic mass is 9.95. The van der Waals surface area contributed by atoms with E-state index in [1.54, 1.807) is 0 Å². The van der Waals surface area contributed by atoms with Gasteiger partial charge in [-0.25, -0.2) is 0 Å². The summed E-state index contributed by atoms with van der Waals surface area (Å²) in [6, 6.07) is 12.2. The molecule has 3 heteroatoms. The number of nitrogens with zero attached hydrogens (tertiary/aromatic N) is 1. The highest BCUT2D eigenvalue weighted by Gasteiger charge is 2.27. The minimum atomic E-state index is -0.645. The molecule has 0 aliphatic rings. The van der Waals surface area contributed by atoms with Crippen molar-refractivity contribution in [3.63, 3.8) is 0 Å². The number of benzene rings is 1. The van der Waals surface area contributed by atoms with Crippen LogP contribution in [0.3, 0.4) is 0 Å². The van der Waals surface area contributed by atoms with Gasteiger partial charge in [0, 0.05) is 0 Å². The fourth-order valence-corrected chi connectivity index (χ4v) is 2.36. The van der Waals surface area contributed by atoms with Crippen molar-refractivity contribution in [1.82, 2.24) is 0 Å². The smallest absolute Gasteiger partial charge is 0.208 e. The van der Waals surface area contributed by atoms with Crippen molar-refractivity contribution >= 4 is 5.78 Å². The van der Waals surface area contributed by atoms with Crippen molar-refractivity contribution < 1.29 is 9.69 Å². The number of Topliss-reactive ketones (excluding diaryl/α,β-unsaturated/α-hetero) is 1. The summed E-state index contributed by atoms with van der Waals surface area (Å²) in [4.78, 5) is 13.6. The Morgan fingerprint density at radius 3 is 2.11 bits per heavy atom. The highest BCUT2D eigenvalue weighted by molar-refractivity contribution is 5.89. The molecule has 0 saturated carbocycles. The number of quaternary nitrogens is 1.